The first-order valence-corrected chi connectivity index (χ1v) is 12.4. The molecule has 3 fully saturated rings. The van der Waals surface area contributed by atoms with Crippen LogP contribution in [0.3, 0.4) is 0 Å². The molecule has 0 aromatic carbocycles. The van der Waals surface area contributed by atoms with E-state index in [0.29, 0.717) is 18.3 Å². The summed E-state index contributed by atoms with van der Waals surface area (Å²) in [6.45, 7) is 9.95. The van der Waals surface area contributed by atoms with E-state index in [1.54, 1.807) is 7.05 Å². The molecule has 2 aliphatic heterocycles. The van der Waals surface area contributed by atoms with Crippen LogP contribution >= 0.6 is 0 Å². The zero-order chi connectivity index (χ0) is 25.6. The number of rotatable bonds is 6. The third-order valence-corrected chi connectivity index (χ3v) is 5.76. The monoisotopic (exact) mass is 484 g/mol. The molecular weight excluding hydrogens is 444 g/mol. The normalized spacial score (nSPS) is 17.1. The summed E-state index contributed by atoms with van der Waals surface area (Å²) in [6, 6.07) is 2.08. The molecule has 0 spiro atoms. The molecule has 0 radical (unpaired) electrons. The Morgan fingerprint density at radius 1 is 0.971 bits per heavy atom. The fourth-order valence-corrected chi connectivity index (χ4v) is 3.73. The molecule has 1 aliphatic carbocycles. The van der Waals surface area contributed by atoms with Crippen LogP contribution in [0.15, 0.2) is 6.07 Å². The molecule has 1 saturated carbocycles. The number of hydrogen-bond acceptors (Lipinski definition) is 9. The van der Waals surface area contributed by atoms with Gasteiger partial charge in [0.15, 0.2) is 5.82 Å². The van der Waals surface area contributed by atoms with Gasteiger partial charge in [0.1, 0.15) is 0 Å². The van der Waals surface area contributed by atoms with Crippen LogP contribution in [-0.4, -0.2) is 89.8 Å². The van der Waals surface area contributed by atoms with E-state index in [1.165, 1.54) is 31.4 Å². The van der Waals surface area contributed by atoms with Crippen LogP contribution in [0.1, 0.15) is 51.1 Å². The van der Waals surface area contributed by atoms with Crippen molar-refractivity contribution in [3.8, 4) is 12.8 Å². The Hall–Kier alpha value is -3.39. The molecule has 35 heavy (non-hydrogen) atoms. The second kappa shape index (κ2) is 14.8. The van der Waals surface area contributed by atoms with Crippen molar-refractivity contribution in [1.82, 2.24) is 35.4 Å². The molecule has 11 nitrogen and oxygen atoms in total. The van der Waals surface area contributed by atoms with Gasteiger partial charge in [-0.3, -0.25) is 9.89 Å². The average molecular weight is 485 g/mol. The van der Waals surface area contributed by atoms with Crippen molar-refractivity contribution in [2.24, 2.45) is 0 Å². The van der Waals surface area contributed by atoms with Gasteiger partial charge >= 0.3 is 0 Å². The maximum absolute atomic E-state index is 9.06. The summed E-state index contributed by atoms with van der Waals surface area (Å²) < 4.78 is 0. The Kier molecular flexibility index (Phi) is 11.8. The van der Waals surface area contributed by atoms with Crippen LogP contribution < -0.4 is 20.4 Å². The zero-order valence-corrected chi connectivity index (χ0v) is 21.5. The molecule has 192 valence electrons. The van der Waals surface area contributed by atoms with Crippen LogP contribution in [0, 0.1) is 12.8 Å². The van der Waals surface area contributed by atoms with Crippen LogP contribution in [0.25, 0.3) is 0 Å². The molecule has 3 aliphatic rings. The van der Waals surface area contributed by atoms with Gasteiger partial charge in [-0.25, -0.2) is 0 Å². The topological polar surface area (TPSA) is 118 Å². The van der Waals surface area contributed by atoms with Crippen molar-refractivity contribution in [2.45, 2.75) is 45.4 Å². The largest absolute Gasteiger partial charge is 0.362 e. The van der Waals surface area contributed by atoms with E-state index in [4.69, 9.17) is 19.7 Å². The van der Waals surface area contributed by atoms with Crippen molar-refractivity contribution >= 4 is 30.1 Å². The number of carbonyl (C=O) groups is 1. The standard InChI is InChI=1S/C18H27N9.C2H5NO.C2H6.C2H2/c1-25-8-10-27(11-9-25)18-21-16(20-17(22-18)26-6-2-3-7-26)19-15-12-14(23-24-15)13-4-5-13;1-3-2-4;2*1-2/h12-13H,2-11H2,1H3,(H2,19,20,21,22,23,24);2H,1H3,(H,3,4);1-2H3;1-2H. The van der Waals surface area contributed by atoms with E-state index in [2.05, 4.69) is 61.5 Å². The molecule has 0 unspecified atom stereocenters. The highest BCUT2D eigenvalue weighted by Gasteiger charge is 2.26. The maximum atomic E-state index is 9.06. The Balaban J connectivity index is 0.000000484. The van der Waals surface area contributed by atoms with E-state index in [0.717, 1.165) is 57.0 Å². The molecule has 11 heteroatoms. The summed E-state index contributed by atoms with van der Waals surface area (Å²) in [5.74, 6) is 3.54. The fourth-order valence-electron chi connectivity index (χ4n) is 3.73. The number of aromatic amines is 1. The minimum Gasteiger partial charge on any atom is -0.362 e. The molecule has 2 aromatic heterocycles. The molecule has 3 N–H and O–H groups in total. The SMILES string of the molecule is C#C.CC.CN1CCN(c2nc(Nc3cc(C4CC4)[nH]n3)nc(N3CCCC3)n2)CC1.CNC=O. The molecule has 4 heterocycles. The number of likely N-dealkylation sites (N-methyl/N-ethyl adjacent to an activating group) is 1. The first kappa shape index (κ1) is 27.9. The predicted molar refractivity (Wildman–Crippen MR) is 141 cm³/mol. The first-order chi connectivity index (χ1) is 17.2. The van der Waals surface area contributed by atoms with Crippen molar-refractivity contribution in [1.29, 1.82) is 0 Å². The lowest BCUT2D eigenvalue weighted by Crippen LogP contribution is -2.45. The number of piperazine rings is 1. The number of nitrogens with one attached hydrogen (secondary N) is 3. The van der Waals surface area contributed by atoms with Gasteiger partial charge in [0.25, 0.3) is 0 Å². The van der Waals surface area contributed by atoms with E-state index in [9.17, 15) is 0 Å². The number of nitrogens with zero attached hydrogens (tertiary/aromatic N) is 7. The van der Waals surface area contributed by atoms with E-state index < -0.39 is 0 Å². The number of anilines is 4. The summed E-state index contributed by atoms with van der Waals surface area (Å²) >= 11 is 0. The fraction of sp³-hybridized carbons (Fsp3) is 0.625. The van der Waals surface area contributed by atoms with Crippen LogP contribution in [-0.2, 0) is 4.79 Å². The predicted octanol–water partition coefficient (Wildman–Crippen LogP) is 2.21. The number of carbonyl (C=O) groups excluding carboxylic acids is 1. The smallest absolute Gasteiger partial charge is 0.235 e. The van der Waals surface area contributed by atoms with Gasteiger partial charge in [-0.15, -0.1) is 12.8 Å². The highest BCUT2D eigenvalue weighted by Crippen LogP contribution is 2.39. The summed E-state index contributed by atoms with van der Waals surface area (Å²) in [7, 11) is 3.72. The Morgan fingerprint density at radius 2 is 1.51 bits per heavy atom. The van der Waals surface area contributed by atoms with Crippen molar-refractivity contribution in [3.05, 3.63) is 11.8 Å². The number of aromatic nitrogens is 5. The quantitative estimate of drug-likeness (QED) is 0.419. The number of hydrogen-bond donors (Lipinski definition) is 3. The van der Waals surface area contributed by atoms with Crippen molar-refractivity contribution in [2.75, 3.05) is 68.5 Å². The minimum absolute atomic E-state index is 0.578. The first-order valence-electron chi connectivity index (χ1n) is 12.4. The van der Waals surface area contributed by atoms with Gasteiger partial charge in [-0.2, -0.15) is 20.1 Å². The van der Waals surface area contributed by atoms with Gasteiger partial charge in [0.2, 0.25) is 24.3 Å². The van der Waals surface area contributed by atoms with Gasteiger partial charge in [-0.1, -0.05) is 13.8 Å². The molecule has 1 amide bonds. The Bertz CT molecular complexity index is 897. The van der Waals surface area contributed by atoms with Gasteiger partial charge in [0, 0.05) is 64.0 Å². The second-order valence-corrected chi connectivity index (χ2v) is 8.26. The number of amides is 1. The Morgan fingerprint density at radius 3 is 2.03 bits per heavy atom. The maximum Gasteiger partial charge on any atom is 0.235 e. The minimum atomic E-state index is 0.578. The van der Waals surface area contributed by atoms with Crippen LogP contribution in [0.4, 0.5) is 23.7 Å². The van der Waals surface area contributed by atoms with E-state index in [-0.39, 0.29) is 0 Å². The molecule has 0 bridgehead atoms. The second-order valence-electron chi connectivity index (χ2n) is 8.26. The number of H-pyrrole nitrogens is 1. The zero-order valence-electron chi connectivity index (χ0n) is 21.5. The third-order valence-electron chi connectivity index (χ3n) is 5.76. The van der Waals surface area contributed by atoms with Crippen molar-refractivity contribution < 1.29 is 4.79 Å². The summed E-state index contributed by atoms with van der Waals surface area (Å²) in [5, 5.41) is 13.1. The molecule has 5 rings (SSSR count). The summed E-state index contributed by atoms with van der Waals surface area (Å²) in [5.41, 5.74) is 1.20. The number of terminal acetylenes is 1. The van der Waals surface area contributed by atoms with Crippen LogP contribution in [0.5, 0.6) is 0 Å². The molecule has 2 aromatic rings. The third kappa shape index (κ3) is 8.40. The average Bonchev–Trinajstić information content (AvgIpc) is 3.40. The lowest BCUT2D eigenvalue weighted by Gasteiger charge is -2.32. The summed E-state index contributed by atoms with van der Waals surface area (Å²) in [6.07, 6.45) is 13.5. The highest BCUT2D eigenvalue weighted by molar-refractivity contribution is 5.53. The Labute approximate surface area is 209 Å². The lowest BCUT2D eigenvalue weighted by atomic mass is 10.3. The van der Waals surface area contributed by atoms with Crippen molar-refractivity contribution in [3.63, 3.8) is 0 Å². The molecular formula is C24H40N10O. The van der Waals surface area contributed by atoms with Crippen LogP contribution in [0.2, 0.25) is 0 Å². The van der Waals surface area contributed by atoms with Gasteiger partial charge in [-0.05, 0) is 32.7 Å². The molecule has 2 saturated heterocycles. The van der Waals surface area contributed by atoms with E-state index in [1.807, 2.05) is 13.8 Å². The van der Waals surface area contributed by atoms with E-state index >= 15 is 0 Å². The van der Waals surface area contributed by atoms with Gasteiger partial charge in [0.05, 0.1) is 0 Å². The summed E-state index contributed by atoms with van der Waals surface area (Å²) in [4.78, 5) is 30.1. The highest BCUT2D eigenvalue weighted by atomic mass is 16.1. The molecule has 0 atom stereocenters. The lowest BCUT2D eigenvalue weighted by molar-refractivity contribution is -0.109. The van der Waals surface area contributed by atoms with Gasteiger partial charge < -0.3 is 25.3 Å².